The fourth-order valence-electron chi connectivity index (χ4n) is 2.28. The van der Waals surface area contributed by atoms with E-state index in [0.29, 0.717) is 19.4 Å². The van der Waals surface area contributed by atoms with Crippen molar-refractivity contribution in [2.45, 2.75) is 63.7 Å². The van der Waals surface area contributed by atoms with Crippen LogP contribution in [0.5, 0.6) is 0 Å². The van der Waals surface area contributed by atoms with Gasteiger partial charge in [0.2, 0.25) is 0 Å². The highest BCUT2D eigenvalue weighted by Gasteiger charge is 2.37. The van der Waals surface area contributed by atoms with Crippen molar-refractivity contribution < 1.29 is 13.2 Å². The Balaban J connectivity index is 2.38. The van der Waals surface area contributed by atoms with Gasteiger partial charge in [-0.2, -0.15) is 18.4 Å². The van der Waals surface area contributed by atoms with E-state index >= 15 is 0 Å². The van der Waals surface area contributed by atoms with Gasteiger partial charge in [0.25, 0.3) is 0 Å². The van der Waals surface area contributed by atoms with E-state index in [1.54, 1.807) is 0 Å². The smallest absolute Gasteiger partial charge is 0.300 e. The molecule has 0 amide bonds. The predicted octanol–water partition coefficient (Wildman–Crippen LogP) is 3.08. The largest absolute Gasteiger partial charge is 0.401 e. The normalized spacial score (nSPS) is 18.9. The van der Waals surface area contributed by atoms with Crippen molar-refractivity contribution in [3.63, 3.8) is 0 Å². The van der Waals surface area contributed by atoms with Crippen molar-refractivity contribution in [2.24, 2.45) is 0 Å². The lowest BCUT2D eigenvalue weighted by Crippen LogP contribution is -2.42. The Bertz CT molecular complexity index is 334. The molecular weight excluding hydrogens is 267 g/mol. The minimum Gasteiger partial charge on any atom is -0.300 e. The summed E-state index contributed by atoms with van der Waals surface area (Å²) in [7, 11) is 0. The molecule has 0 aromatic rings. The van der Waals surface area contributed by atoms with Gasteiger partial charge >= 0.3 is 6.18 Å². The van der Waals surface area contributed by atoms with E-state index < -0.39 is 18.3 Å². The molecule has 0 aromatic heterocycles. The molecule has 0 aliphatic heterocycles. The number of rotatable bonds is 9. The molecule has 20 heavy (non-hydrogen) atoms. The highest BCUT2D eigenvalue weighted by molar-refractivity contribution is 5.03. The van der Waals surface area contributed by atoms with Gasteiger partial charge < -0.3 is 0 Å². The van der Waals surface area contributed by atoms with Crippen molar-refractivity contribution in [3.8, 4) is 6.07 Å². The molecule has 0 spiro atoms. The van der Waals surface area contributed by atoms with Crippen LogP contribution in [-0.4, -0.2) is 42.3 Å². The van der Waals surface area contributed by atoms with Gasteiger partial charge in [0.05, 0.1) is 12.6 Å². The van der Waals surface area contributed by atoms with E-state index in [1.165, 1.54) is 4.90 Å². The van der Waals surface area contributed by atoms with Crippen LogP contribution in [0.2, 0.25) is 0 Å². The maximum atomic E-state index is 12.5. The summed E-state index contributed by atoms with van der Waals surface area (Å²) in [6.07, 6.45) is -0.307. The summed E-state index contributed by atoms with van der Waals surface area (Å²) in [5, 5.41) is 12.3. The van der Waals surface area contributed by atoms with E-state index in [1.807, 2.05) is 13.8 Å². The number of nitrogens with zero attached hydrogens (tertiary/aromatic N) is 2. The molecule has 1 unspecified atom stereocenters. The van der Waals surface area contributed by atoms with Crippen LogP contribution in [0.3, 0.4) is 0 Å². The zero-order valence-corrected chi connectivity index (χ0v) is 12.3. The fraction of sp³-hybridized carbons (Fsp3) is 0.929. The summed E-state index contributed by atoms with van der Waals surface area (Å²) in [6.45, 7) is 4.16. The summed E-state index contributed by atoms with van der Waals surface area (Å²) in [4.78, 5) is 1.51. The first kappa shape index (κ1) is 17.3. The van der Waals surface area contributed by atoms with Crippen LogP contribution >= 0.6 is 0 Å². The zero-order chi connectivity index (χ0) is 15.2. The Morgan fingerprint density at radius 1 is 1.35 bits per heavy atom. The van der Waals surface area contributed by atoms with Crippen LogP contribution in [0, 0.1) is 11.3 Å². The molecule has 3 nitrogen and oxygen atoms in total. The van der Waals surface area contributed by atoms with E-state index in [2.05, 4.69) is 11.4 Å². The summed E-state index contributed by atoms with van der Waals surface area (Å²) >= 11 is 0. The summed E-state index contributed by atoms with van der Waals surface area (Å²) in [5.74, 6) is 0. The highest BCUT2D eigenvalue weighted by atomic mass is 19.4. The predicted molar refractivity (Wildman–Crippen MR) is 72.2 cm³/mol. The number of nitriles is 1. The lowest BCUT2D eigenvalue weighted by atomic mass is 9.97. The van der Waals surface area contributed by atoms with Gasteiger partial charge in [-0.05, 0) is 52.1 Å². The second-order valence-electron chi connectivity index (χ2n) is 5.79. The molecule has 0 aromatic carbocycles. The first-order chi connectivity index (χ1) is 9.29. The lowest BCUT2D eigenvalue weighted by Gasteiger charge is -2.27. The quantitative estimate of drug-likeness (QED) is 0.709. The number of hydrogen-bond donors (Lipinski definition) is 1. The standard InChI is InChI=1S/C14H24F3N3/c1-3-8-19-13(2,10-18)7-4-9-20(12-5-6-12)11-14(15,16)17/h12,19H,3-9,11H2,1-2H3. The third-order valence-corrected chi connectivity index (χ3v) is 3.58. The van der Waals surface area contributed by atoms with Crippen molar-refractivity contribution in [3.05, 3.63) is 0 Å². The molecule has 6 heteroatoms. The second-order valence-corrected chi connectivity index (χ2v) is 5.79. The monoisotopic (exact) mass is 291 g/mol. The third kappa shape index (κ3) is 6.58. The van der Waals surface area contributed by atoms with E-state index in [4.69, 9.17) is 0 Å². The number of halogens is 3. The van der Waals surface area contributed by atoms with E-state index in [0.717, 1.165) is 25.8 Å². The molecule has 116 valence electrons. The van der Waals surface area contributed by atoms with Gasteiger partial charge in [-0.15, -0.1) is 0 Å². The molecule has 1 N–H and O–H groups in total. The number of nitrogens with one attached hydrogen (secondary N) is 1. The topological polar surface area (TPSA) is 39.1 Å². The van der Waals surface area contributed by atoms with Crippen molar-refractivity contribution >= 4 is 0 Å². The summed E-state index contributed by atoms with van der Waals surface area (Å²) < 4.78 is 37.4. The van der Waals surface area contributed by atoms with Crippen LogP contribution in [0.4, 0.5) is 13.2 Å². The fourth-order valence-corrected chi connectivity index (χ4v) is 2.28. The van der Waals surface area contributed by atoms with Crippen LogP contribution < -0.4 is 5.32 Å². The van der Waals surface area contributed by atoms with Crippen LogP contribution in [0.1, 0.15) is 46.0 Å². The minimum atomic E-state index is -4.14. The second kappa shape index (κ2) is 7.28. The summed E-state index contributed by atoms with van der Waals surface area (Å²) in [6, 6.07) is 2.32. The molecule has 1 rings (SSSR count). The van der Waals surface area contributed by atoms with Gasteiger partial charge in [0, 0.05) is 6.04 Å². The van der Waals surface area contributed by atoms with E-state index in [-0.39, 0.29) is 6.04 Å². The molecule has 1 aliphatic carbocycles. The Kier molecular flexibility index (Phi) is 6.28. The molecule has 0 radical (unpaired) electrons. The first-order valence-corrected chi connectivity index (χ1v) is 7.27. The maximum absolute atomic E-state index is 12.5. The Morgan fingerprint density at radius 3 is 2.45 bits per heavy atom. The van der Waals surface area contributed by atoms with Gasteiger partial charge in [-0.1, -0.05) is 6.92 Å². The van der Waals surface area contributed by atoms with Gasteiger partial charge in [0.1, 0.15) is 5.54 Å². The van der Waals surface area contributed by atoms with Gasteiger partial charge in [0.15, 0.2) is 0 Å². The molecular formula is C14H24F3N3. The van der Waals surface area contributed by atoms with Gasteiger partial charge in [-0.25, -0.2) is 0 Å². The van der Waals surface area contributed by atoms with Crippen LogP contribution in [0.25, 0.3) is 0 Å². The maximum Gasteiger partial charge on any atom is 0.401 e. The Morgan fingerprint density at radius 2 is 2.00 bits per heavy atom. The molecule has 1 aliphatic rings. The molecule has 1 atom stereocenters. The Hall–Kier alpha value is -0.800. The minimum absolute atomic E-state index is 0.0913. The SMILES string of the molecule is CCCNC(C)(C#N)CCCN(CC(F)(F)F)C1CC1. The average molecular weight is 291 g/mol. The average Bonchev–Trinajstić information content (AvgIpc) is 3.18. The molecule has 1 saturated carbocycles. The highest BCUT2D eigenvalue weighted by Crippen LogP contribution is 2.30. The molecule has 0 saturated heterocycles. The first-order valence-electron chi connectivity index (χ1n) is 7.27. The van der Waals surface area contributed by atoms with Crippen molar-refractivity contribution in [1.29, 1.82) is 5.26 Å². The summed E-state index contributed by atoms with van der Waals surface area (Å²) in [5.41, 5.74) is -0.635. The number of alkyl halides is 3. The third-order valence-electron chi connectivity index (χ3n) is 3.58. The number of hydrogen-bond acceptors (Lipinski definition) is 3. The van der Waals surface area contributed by atoms with Crippen LogP contribution in [0.15, 0.2) is 0 Å². The van der Waals surface area contributed by atoms with Crippen LogP contribution in [-0.2, 0) is 0 Å². The van der Waals surface area contributed by atoms with E-state index in [9.17, 15) is 18.4 Å². The van der Waals surface area contributed by atoms with Gasteiger partial charge in [-0.3, -0.25) is 10.2 Å². The van der Waals surface area contributed by atoms with Crippen molar-refractivity contribution in [1.82, 2.24) is 10.2 Å². The Labute approximate surface area is 119 Å². The molecule has 0 heterocycles. The van der Waals surface area contributed by atoms with Crippen molar-refractivity contribution in [2.75, 3.05) is 19.6 Å². The molecule has 0 bridgehead atoms. The zero-order valence-electron chi connectivity index (χ0n) is 12.3. The molecule has 1 fully saturated rings. The lowest BCUT2D eigenvalue weighted by molar-refractivity contribution is -0.147.